The number of rotatable bonds is 6. The van der Waals surface area contributed by atoms with Crippen LogP contribution < -0.4 is 14.8 Å². The Hall–Kier alpha value is -2.49. The van der Waals surface area contributed by atoms with Gasteiger partial charge in [0.15, 0.2) is 0 Å². The van der Waals surface area contributed by atoms with Crippen LogP contribution in [0.4, 0.5) is 0 Å². The van der Waals surface area contributed by atoms with Crippen LogP contribution in [0.25, 0.3) is 0 Å². The second-order valence-corrected chi connectivity index (χ2v) is 8.88. The molecule has 2 aromatic rings. The summed E-state index contributed by atoms with van der Waals surface area (Å²) in [5.41, 5.74) is 4.97. The van der Waals surface area contributed by atoms with Gasteiger partial charge in [-0.2, -0.15) is 0 Å². The van der Waals surface area contributed by atoms with E-state index in [9.17, 15) is 4.79 Å². The van der Waals surface area contributed by atoms with Crippen molar-refractivity contribution in [3.05, 3.63) is 58.7 Å². The van der Waals surface area contributed by atoms with E-state index in [-0.39, 0.29) is 11.9 Å². The van der Waals surface area contributed by atoms with Crippen molar-refractivity contribution in [3.8, 4) is 11.5 Å². The molecule has 4 rings (SSSR count). The van der Waals surface area contributed by atoms with Crippen molar-refractivity contribution in [3.63, 3.8) is 0 Å². The Morgan fingerprint density at radius 3 is 1.94 bits per heavy atom. The zero-order valence-electron chi connectivity index (χ0n) is 18.9. The highest BCUT2D eigenvalue weighted by Gasteiger charge is 2.30. The SMILES string of the molecule is CCCc1cccc2c1Cc1c(CCC)cccc1OC(C(=O)NC1CCCCC1)O2. The van der Waals surface area contributed by atoms with Crippen molar-refractivity contribution in [2.45, 2.75) is 90.4 Å². The molecule has 0 saturated heterocycles. The van der Waals surface area contributed by atoms with Gasteiger partial charge in [-0.1, -0.05) is 70.2 Å². The van der Waals surface area contributed by atoms with Crippen molar-refractivity contribution in [2.75, 3.05) is 0 Å². The van der Waals surface area contributed by atoms with Crippen LogP contribution in [-0.2, 0) is 24.1 Å². The monoisotopic (exact) mass is 421 g/mol. The Labute approximate surface area is 186 Å². The molecule has 1 fully saturated rings. The van der Waals surface area contributed by atoms with Gasteiger partial charge in [0.1, 0.15) is 11.5 Å². The van der Waals surface area contributed by atoms with Crippen molar-refractivity contribution in [1.82, 2.24) is 5.32 Å². The maximum atomic E-state index is 13.2. The topological polar surface area (TPSA) is 47.6 Å². The van der Waals surface area contributed by atoms with Crippen LogP contribution in [0.1, 0.15) is 81.0 Å². The summed E-state index contributed by atoms with van der Waals surface area (Å²) in [5.74, 6) is 1.37. The number of hydrogen-bond acceptors (Lipinski definition) is 3. The summed E-state index contributed by atoms with van der Waals surface area (Å²) in [6, 6.07) is 12.6. The lowest BCUT2D eigenvalue weighted by molar-refractivity contribution is -0.141. The van der Waals surface area contributed by atoms with Crippen molar-refractivity contribution in [1.29, 1.82) is 0 Å². The molecule has 0 spiro atoms. The summed E-state index contributed by atoms with van der Waals surface area (Å²) in [6.07, 6.45) is 9.60. The minimum Gasteiger partial charge on any atom is -0.446 e. The molecule has 1 saturated carbocycles. The van der Waals surface area contributed by atoms with Gasteiger partial charge in [0.05, 0.1) is 0 Å². The quantitative estimate of drug-likeness (QED) is 0.648. The van der Waals surface area contributed by atoms with Gasteiger partial charge < -0.3 is 14.8 Å². The van der Waals surface area contributed by atoms with Gasteiger partial charge in [-0.25, -0.2) is 0 Å². The lowest BCUT2D eigenvalue weighted by Crippen LogP contribution is -2.47. The first-order valence-corrected chi connectivity index (χ1v) is 12.0. The molecule has 166 valence electrons. The fourth-order valence-corrected chi connectivity index (χ4v) is 4.91. The number of ether oxygens (including phenoxy) is 2. The summed E-state index contributed by atoms with van der Waals surface area (Å²) in [5, 5.41) is 3.19. The average Bonchev–Trinajstić information content (AvgIpc) is 2.76. The van der Waals surface area contributed by atoms with E-state index in [1.165, 1.54) is 41.5 Å². The van der Waals surface area contributed by atoms with Crippen LogP contribution in [0.3, 0.4) is 0 Å². The second-order valence-electron chi connectivity index (χ2n) is 8.88. The summed E-state index contributed by atoms with van der Waals surface area (Å²) in [4.78, 5) is 13.2. The van der Waals surface area contributed by atoms with E-state index in [0.717, 1.165) is 56.4 Å². The third-order valence-corrected chi connectivity index (χ3v) is 6.49. The van der Waals surface area contributed by atoms with Crippen LogP contribution in [0, 0.1) is 0 Å². The zero-order valence-corrected chi connectivity index (χ0v) is 18.9. The first kappa shape index (κ1) is 21.7. The maximum Gasteiger partial charge on any atom is 0.321 e. The Kier molecular flexibility index (Phi) is 7.16. The van der Waals surface area contributed by atoms with E-state index in [1.807, 2.05) is 24.3 Å². The van der Waals surface area contributed by atoms with E-state index in [4.69, 9.17) is 9.47 Å². The number of aryl methyl sites for hydroxylation is 2. The molecule has 1 aliphatic carbocycles. The zero-order chi connectivity index (χ0) is 21.6. The molecule has 1 N–H and O–H groups in total. The lowest BCUT2D eigenvalue weighted by atomic mass is 9.91. The minimum absolute atomic E-state index is 0.174. The van der Waals surface area contributed by atoms with Gasteiger partial charge >= 0.3 is 12.2 Å². The van der Waals surface area contributed by atoms with E-state index in [0.29, 0.717) is 0 Å². The number of carbonyl (C=O) groups is 1. The summed E-state index contributed by atoms with van der Waals surface area (Å²) in [7, 11) is 0. The number of carbonyl (C=O) groups excluding carboxylic acids is 1. The van der Waals surface area contributed by atoms with Crippen molar-refractivity contribution in [2.24, 2.45) is 0 Å². The van der Waals surface area contributed by atoms with Crippen LogP contribution in [-0.4, -0.2) is 18.2 Å². The van der Waals surface area contributed by atoms with Gasteiger partial charge in [0.2, 0.25) is 0 Å². The molecule has 0 atom stereocenters. The Balaban J connectivity index is 1.71. The minimum atomic E-state index is -0.978. The molecule has 1 heterocycles. The highest BCUT2D eigenvalue weighted by atomic mass is 16.7. The molecular weight excluding hydrogens is 386 g/mol. The predicted molar refractivity (Wildman–Crippen MR) is 124 cm³/mol. The molecule has 2 aliphatic rings. The van der Waals surface area contributed by atoms with E-state index in [1.54, 1.807) is 0 Å². The third kappa shape index (κ3) is 5.06. The number of hydrogen-bond donors (Lipinski definition) is 1. The highest BCUT2D eigenvalue weighted by molar-refractivity contribution is 5.80. The van der Waals surface area contributed by atoms with E-state index < -0.39 is 6.29 Å². The van der Waals surface area contributed by atoms with Crippen LogP contribution in [0.2, 0.25) is 0 Å². The van der Waals surface area contributed by atoms with E-state index >= 15 is 0 Å². The van der Waals surface area contributed by atoms with Crippen LogP contribution >= 0.6 is 0 Å². The molecule has 4 nitrogen and oxygen atoms in total. The Morgan fingerprint density at radius 2 is 1.42 bits per heavy atom. The fourth-order valence-electron chi connectivity index (χ4n) is 4.91. The molecule has 1 amide bonds. The predicted octanol–water partition coefficient (Wildman–Crippen LogP) is 5.73. The van der Waals surface area contributed by atoms with Gasteiger partial charge in [0, 0.05) is 23.6 Å². The molecule has 0 radical (unpaired) electrons. The molecule has 2 aromatic carbocycles. The first-order chi connectivity index (χ1) is 15.2. The summed E-state index contributed by atoms with van der Waals surface area (Å²) >= 11 is 0. The maximum absolute atomic E-state index is 13.2. The molecule has 0 aromatic heterocycles. The van der Waals surface area contributed by atoms with Gasteiger partial charge in [0.25, 0.3) is 0 Å². The molecule has 0 bridgehead atoms. The molecule has 4 heteroatoms. The standard InChI is InChI=1S/C27H35NO3/c1-3-10-19-12-8-16-24-22(19)18-23-20(11-4-2)13-9-17-25(23)31-27(30-24)26(29)28-21-14-6-5-7-15-21/h8-9,12-13,16-17,21,27H,3-7,10-11,14-15,18H2,1-2H3,(H,28,29). The Morgan fingerprint density at radius 1 is 0.871 bits per heavy atom. The van der Waals surface area contributed by atoms with Gasteiger partial charge in [-0.05, 0) is 48.9 Å². The number of amides is 1. The lowest BCUT2D eigenvalue weighted by Gasteiger charge is -2.29. The third-order valence-electron chi connectivity index (χ3n) is 6.49. The summed E-state index contributed by atoms with van der Waals surface area (Å²) in [6.45, 7) is 4.40. The van der Waals surface area contributed by atoms with Crippen LogP contribution in [0.15, 0.2) is 36.4 Å². The molecule has 31 heavy (non-hydrogen) atoms. The average molecular weight is 422 g/mol. The second kappa shape index (κ2) is 10.2. The number of benzene rings is 2. The normalized spacial score (nSPS) is 16.8. The fraction of sp³-hybridized carbons (Fsp3) is 0.519. The molecule has 0 unspecified atom stereocenters. The Bertz CT molecular complexity index is 844. The van der Waals surface area contributed by atoms with Gasteiger partial charge in [-0.15, -0.1) is 0 Å². The van der Waals surface area contributed by atoms with Crippen LogP contribution in [0.5, 0.6) is 11.5 Å². The van der Waals surface area contributed by atoms with Crippen molar-refractivity contribution < 1.29 is 14.3 Å². The highest BCUT2D eigenvalue weighted by Crippen LogP contribution is 2.36. The van der Waals surface area contributed by atoms with E-state index in [2.05, 4.69) is 31.3 Å². The largest absolute Gasteiger partial charge is 0.446 e. The number of fused-ring (bicyclic) bond motifs is 2. The first-order valence-electron chi connectivity index (χ1n) is 12.0. The van der Waals surface area contributed by atoms with Crippen molar-refractivity contribution >= 4 is 5.91 Å². The molecular formula is C27H35NO3. The molecule has 1 aliphatic heterocycles. The number of nitrogens with one attached hydrogen (secondary N) is 1. The summed E-state index contributed by atoms with van der Waals surface area (Å²) < 4.78 is 12.5. The van der Waals surface area contributed by atoms with Gasteiger partial charge in [-0.3, -0.25) is 4.79 Å². The smallest absolute Gasteiger partial charge is 0.321 e.